The topological polar surface area (TPSA) is 84.0 Å². The van der Waals surface area contributed by atoms with Gasteiger partial charge in [-0.2, -0.15) is 4.98 Å². The van der Waals surface area contributed by atoms with E-state index in [0.29, 0.717) is 30.6 Å². The van der Waals surface area contributed by atoms with Gasteiger partial charge in [-0.1, -0.05) is 35.5 Å². The molecule has 3 heterocycles. The molecule has 0 spiro atoms. The molecule has 1 aromatic carbocycles. The molecular formula is C18H17N5O2. The van der Waals surface area contributed by atoms with Crippen LogP contribution in [-0.4, -0.2) is 32.1 Å². The molecule has 0 aliphatic rings. The summed E-state index contributed by atoms with van der Waals surface area (Å²) in [5, 5.41) is 3.93. The Bertz CT molecular complexity index is 927. The number of hydrogen-bond donors (Lipinski definition) is 1. The standard InChI is InChI=1S/C18H17N5O2/c1-23(12-17-21-18(22-25-17)15-8-5-9-24-15)11-16-19-10-14(20-16)13-6-3-2-4-7-13/h2-10H,11-12H2,1H3,(H,19,20). The van der Waals surface area contributed by atoms with Crippen molar-refractivity contribution in [3.8, 4) is 22.8 Å². The zero-order chi connectivity index (χ0) is 17.1. The molecule has 0 aliphatic heterocycles. The fourth-order valence-corrected chi connectivity index (χ4v) is 2.57. The number of nitrogens with zero attached hydrogens (tertiary/aromatic N) is 4. The second-order valence-electron chi connectivity index (χ2n) is 5.77. The van der Waals surface area contributed by atoms with Crippen LogP contribution in [0.1, 0.15) is 11.7 Å². The summed E-state index contributed by atoms with van der Waals surface area (Å²) < 4.78 is 10.5. The maximum absolute atomic E-state index is 5.28. The number of H-pyrrole nitrogens is 1. The number of rotatable bonds is 6. The highest BCUT2D eigenvalue weighted by Gasteiger charge is 2.13. The molecule has 126 valence electrons. The van der Waals surface area contributed by atoms with Crippen LogP contribution in [0.3, 0.4) is 0 Å². The van der Waals surface area contributed by atoms with Gasteiger partial charge in [0.15, 0.2) is 5.76 Å². The zero-order valence-electron chi connectivity index (χ0n) is 13.7. The third-order valence-corrected chi connectivity index (χ3v) is 3.75. The Morgan fingerprint density at radius 2 is 1.96 bits per heavy atom. The number of aromatic amines is 1. The highest BCUT2D eigenvalue weighted by Crippen LogP contribution is 2.18. The van der Waals surface area contributed by atoms with E-state index in [1.54, 1.807) is 18.4 Å². The molecule has 0 unspecified atom stereocenters. The highest BCUT2D eigenvalue weighted by atomic mass is 16.5. The molecule has 0 aliphatic carbocycles. The van der Waals surface area contributed by atoms with Crippen molar-refractivity contribution in [2.24, 2.45) is 0 Å². The van der Waals surface area contributed by atoms with Crippen molar-refractivity contribution in [2.45, 2.75) is 13.1 Å². The van der Waals surface area contributed by atoms with Crippen molar-refractivity contribution in [1.82, 2.24) is 25.0 Å². The lowest BCUT2D eigenvalue weighted by atomic mass is 10.2. The Morgan fingerprint density at radius 3 is 2.76 bits per heavy atom. The molecular weight excluding hydrogens is 318 g/mol. The summed E-state index contributed by atoms with van der Waals surface area (Å²) in [6.07, 6.45) is 3.43. The van der Waals surface area contributed by atoms with Crippen LogP contribution in [0.25, 0.3) is 22.8 Å². The monoisotopic (exact) mass is 335 g/mol. The number of furan rings is 1. The maximum atomic E-state index is 5.28. The van der Waals surface area contributed by atoms with Gasteiger partial charge in [0.2, 0.25) is 11.7 Å². The molecule has 0 bridgehead atoms. The Hall–Kier alpha value is -3.19. The first kappa shape index (κ1) is 15.3. The Labute approximate surface area is 144 Å². The van der Waals surface area contributed by atoms with Gasteiger partial charge in [-0.05, 0) is 24.7 Å². The van der Waals surface area contributed by atoms with Gasteiger partial charge in [0, 0.05) is 0 Å². The van der Waals surface area contributed by atoms with E-state index >= 15 is 0 Å². The maximum Gasteiger partial charge on any atom is 0.241 e. The van der Waals surface area contributed by atoms with Crippen molar-refractivity contribution in [2.75, 3.05) is 7.05 Å². The predicted octanol–water partition coefficient (Wildman–Crippen LogP) is 3.35. The van der Waals surface area contributed by atoms with Crippen LogP contribution in [0.2, 0.25) is 0 Å². The van der Waals surface area contributed by atoms with Crippen LogP contribution >= 0.6 is 0 Å². The second kappa shape index (κ2) is 6.74. The fourth-order valence-electron chi connectivity index (χ4n) is 2.57. The van der Waals surface area contributed by atoms with Crippen LogP contribution in [0.4, 0.5) is 0 Å². The van der Waals surface area contributed by atoms with E-state index in [4.69, 9.17) is 8.94 Å². The first-order chi connectivity index (χ1) is 12.3. The van der Waals surface area contributed by atoms with Crippen LogP contribution in [-0.2, 0) is 13.1 Å². The number of hydrogen-bond acceptors (Lipinski definition) is 6. The van der Waals surface area contributed by atoms with E-state index in [-0.39, 0.29) is 0 Å². The molecule has 0 atom stereocenters. The Kier molecular flexibility index (Phi) is 4.14. The third kappa shape index (κ3) is 3.51. The minimum atomic E-state index is 0.456. The smallest absolute Gasteiger partial charge is 0.241 e. The van der Waals surface area contributed by atoms with E-state index in [1.165, 1.54) is 0 Å². The third-order valence-electron chi connectivity index (χ3n) is 3.75. The lowest BCUT2D eigenvalue weighted by Crippen LogP contribution is -2.18. The van der Waals surface area contributed by atoms with Gasteiger partial charge >= 0.3 is 0 Å². The first-order valence-corrected chi connectivity index (χ1v) is 7.92. The van der Waals surface area contributed by atoms with Crippen LogP contribution in [0.15, 0.2) is 63.9 Å². The normalized spacial score (nSPS) is 11.3. The molecule has 0 amide bonds. The SMILES string of the molecule is CN(Cc1ncc(-c2ccccc2)[nH]1)Cc1nc(-c2ccco2)no1. The summed E-state index contributed by atoms with van der Waals surface area (Å²) in [4.78, 5) is 14.2. The summed E-state index contributed by atoms with van der Waals surface area (Å²) >= 11 is 0. The predicted molar refractivity (Wildman–Crippen MR) is 91.2 cm³/mol. The second-order valence-corrected chi connectivity index (χ2v) is 5.77. The van der Waals surface area contributed by atoms with E-state index in [9.17, 15) is 0 Å². The van der Waals surface area contributed by atoms with Crippen LogP contribution < -0.4 is 0 Å². The summed E-state index contributed by atoms with van der Waals surface area (Å²) in [5.74, 6) is 2.46. The van der Waals surface area contributed by atoms with E-state index in [2.05, 4.69) is 32.2 Å². The molecule has 4 aromatic rings. The summed E-state index contributed by atoms with van der Waals surface area (Å²) in [5.41, 5.74) is 2.12. The van der Waals surface area contributed by atoms with E-state index in [1.807, 2.05) is 36.3 Å². The number of benzene rings is 1. The molecule has 4 rings (SSSR count). The average Bonchev–Trinajstić information content (AvgIpc) is 3.37. The molecule has 0 saturated carbocycles. The molecule has 0 radical (unpaired) electrons. The Balaban J connectivity index is 1.39. The van der Waals surface area contributed by atoms with Gasteiger partial charge in [-0.15, -0.1) is 0 Å². The van der Waals surface area contributed by atoms with Gasteiger partial charge < -0.3 is 13.9 Å². The summed E-state index contributed by atoms with van der Waals surface area (Å²) in [6.45, 7) is 1.17. The lowest BCUT2D eigenvalue weighted by molar-refractivity contribution is 0.256. The van der Waals surface area contributed by atoms with Crippen molar-refractivity contribution < 1.29 is 8.94 Å². The Morgan fingerprint density at radius 1 is 1.08 bits per heavy atom. The quantitative estimate of drug-likeness (QED) is 0.582. The zero-order valence-corrected chi connectivity index (χ0v) is 13.7. The van der Waals surface area contributed by atoms with Crippen LogP contribution in [0, 0.1) is 0 Å². The molecule has 25 heavy (non-hydrogen) atoms. The molecule has 0 saturated heterocycles. The first-order valence-electron chi connectivity index (χ1n) is 7.92. The van der Waals surface area contributed by atoms with E-state index in [0.717, 1.165) is 17.1 Å². The molecule has 7 nitrogen and oxygen atoms in total. The van der Waals surface area contributed by atoms with Crippen molar-refractivity contribution >= 4 is 0 Å². The molecule has 0 fully saturated rings. The lowest BCUT2D eigenvalue weighted by Gasteiger charge is -2.11. The number of nitrogens with one attached hydrogen (secondary N) is 1. The highest BCUT2D eigenvalue weighted by molar-refractivity contribution is 5.57. The number of imidazole rings is 1. The van der Waals surface area contributed by atoms with Gasteiger partial charge in [0.1, 0.15) is 5.82 Å². The summed E-state index contributed by atoms with van der Waals surface area (Å²) in [6, 6.07) is 13.7. The number of aromatic nitrogens is 4. The fraction of sp³-hybridized carbons (Fsp3) is 0.167. The van der Waals surface area contributed by atoms with Crippen LogP contribution in [0.5, 0.6) is 0 Å². The minimum Gasteiger partial charge on any atom is -0.461 e. The van der Waals surface area contributed by atoms with Crippen molar-refractivity contribution in [3.63, 3.8) is 0 Å². The van der Waals surface area contributed by atoms with Crippen molar-refractivity contribution in [3.05, 3.63) is 66.6 Å². The molecule has 7 heteroatoms. The van der Waals surface area contributed by atoms with Gasteiger partial charge in [-0.3, -0.25) is 4.90 Å². The summed E-state index contributed by atoms with van der Waals surface area (Å²) in [7, 11) is 1.97. The van der Waals surface area contributed by atoms with Gasteiger partial charge in [0.05, 0.1) is 31.2 Å². The van der Waals surface area contributed by atoms with E-state index < -0.39 is 0 Å². The van der Waals surface area contributed by atoms with Crippen molar-refractivity contribution in [1.29, 1.82) is 0 Å². The van der Waals surface area contributed by atoms with Gasteiger partial charge in [-0.25, -0.2) is 4.98 Å². The molecule has 3 aromatic heterocycles. The largest absolute Gasteiger partial charge is 0.461 e. The van der Waals surface area contributed by atoms with Gasteiger partial charge in [0.25, 0.3) is 0 Å². The minimum absolute atomic E-state index is 0.456. The average molecular weight is 335 g/mol. The molecule has 1 N–H and O–H groups in total.